The van der Waals surface area contributed by atoms with Crippen LogP contribution in [0.3, 0.4) is 0 Å². The summed E-state index contributed by atoms with van der Waals surface area (Å²) in [5.41, 5.74) is 4.28. The fraction of sp³-hybridized carbons (Fsp3) is 0.158. The Morgan fingerprint density at radius 1 is 1.17 bits per heavy atom. The third kappa shape index (κ3) is 4.30. The quantitative estimate of drug-likeness (QED) is 0.588. The number of hydrogen-bond acceptors (Lipinski definition) is 6. The molecule has 0 aliphatic rings. The van der Waals surface area contributed by atoms with Crippen molar-refractivity contribution in [3.05, 3.63) is 65.3 Å². The van der Waals surface area contributed by atoms with Crippen LogP contribution < -0.4 is 19.5 Å². The van der Waals surface area contributed by atoms with Gasteiger partial charge in [0.1, 0.15) is 45.1 Å². The van der Waals surface area contributed by atoms with Gasteiger partial charge in [-0.1, -0.05) is 11.6 Å². The Hall–Kier alpha value is -2.95. The lowest BCUT2D eigenvalue weighted by Crippen LogP contribution is -2.41. The van der Waals surface area contributed by atoms with Crippen LogP contribution in [0.1, 0.15) is 5.56 Å². The zero-order valence-electron chi connectivity index (χ0n) is 16.2. The third-order valence-corrected chi connectivity index (χ3v) is 6.42. The van der Waals surface area contributed by atoms with E-state index in [2.05, 4.69) is 15.7 Å². The highest BCUT2D eigenvalue weighted by atomic mass is 35.5. The summed E-state index contributed by atoms with van der Waals surface area (Å²) in [4.78, 5) is 7.25. The Labute approximate surface area is 178 Å². The predicted octanol–water partition coefficient (Wildman–Crippen LogP) is 2.56. The summed E-state index contributed by atoms with van der Waals surface area (Å²) in [7, 11) is -1.44. The van der Waals surface area contributed by atoms with E-state index in [1.165, 1.54) is 32.8 Å². The summed E-state index contributed by atoms with van der Waals surface area (Å²) < 4.78 is 53.0. The van der Waals surface area contributed by atoms with Crippen LogP contribution in [-0.4, -0.2) is 32.6 Å². The molecule has 0 fully saturated rings. The van der Waals surface area contributed by atoms with Gasteiger partial charge < -0.3 is 15.2 Å². The van der Waals surface area contributed by atoms with Crippen molar-refractivity contribution in [3.63, 3.8) is 0 Å². The van der Waals surface area contributed by atoms with Crippen molar-refractivity contribution in [3.8, 4) is 11.5 Å². The number of halogens is 2. The first-order valence-electron chi connectivity index (χ1n) is 8.58. The minimum atomic E-state index is -4.39. The van der Waals surface area contributed by atoms with Gasteiger partial charge in [-0.25, -0.2) is 27.1 Å². The van der Waals surface area contributed by atoms with Crippen LogP contribution >= 0.6 is 11.6 Å². The summed E-state index contributed by atoms with van der Waals surface area (Å²) >= 11 is 6.01. The Kier molecular flexibility index (Phi) is 6.40. The smallest absolute Gasteiger partial charge is 0.268 e. The molecule has 0 amide bonds. The average molecular weight is 454 g/mol. The third-order valence-electron chi connectivity index (χ3n) is 4.30. The molecular formula is C19H19ClFN4O4S+. The Morgan fingerprint density at radius 3 is 2.57 bits per heavy atom. The molecule has 0 aliphatic heterocycles. The minimum Gasteiger partial charge on any atom is -0.497 e. The van der Waals surface area contributed by atoms with Gasteiger partial charge in [0.25, 0.3) is 10.0 Å². The molecule has 2 aromatic carbocycles. The lowest BCUT2D eigenvalue weighted by Gasteiger charge is -2.24. The summed E-state index contributed by atoms with van der Waals surface area (Å²) in [6, 6.07) is 8.36. The van der Waals surface area contributed by atoms with E-state index in [0.717, 1.165) is 16.4 Å². The minimum absolute atomic E-state index is 0.0274. The highest BCUT2D eigenvalue weighted by molar-refractivity contribution is 7.92. The number of aromatic nitrogens is 2. The van der Waals surface area contributed by atoms with Crippen molar-refractivity contribution in [2.75, 3.05) is 18.5 Å². The van der Waals surface area contributed by atoms with Crippen LogP contribution in [0.4, 0.5) is 15.9 Å². The molecule has 158 valence electrons. The monoisotopic (exact) mass is 453 g/mol. The van der Waals surface area contributed by atoms with Gasteiger partial charge in [-0.15, -0.1) is 0 Å². The van der Waals surface area contributed by atoms with Gasteiger partial charge in [0.2, 0.25) is 0 Å². The molecule has 8 nitrogen and oxygen atoms in total. The van der Waals surface area contributed by atoms with Crippen molar-refractivity contribution in [2.24, 2.45) is 0 Å². The number of anilines is 1. The van der Waals surface area contributed by atoms with Gasteiger partial charge in [0.05, 0.1) is 20.8 Å². The summed E-state index contributed by atoms with van der Waals surface area (Å²) in [6.45, 7) is -0.185. The fourth-order valence-corrected chi connectivity index (χ4v) is 4.44. The SMILES string of the molecule is COc1ccc(CN(c2ccncn2)S(=O)(=O)c2cc(Cl)c([NH3+])cc2F)c(OC)c1. The molecule has 0 bridgehead atoms. The van der Waals surface area contributed by atoms with Crippen molar-refractivity contribution < 1.29 is 28.0 Å². The molecule has 30 heavy (non-hydrogen) atoms. The van der Waals surface area contributed by atoms with Crippen LogP contribution in [0.5, 0.6) is 11.5 Å². The van der Waals surface area contributed by atoms with E-state index in [1.54, 1.807) is 18.2 Å². The van der Waals surface area contributed by atoms with Gasteiger partial charge in [-0.3, -0.25) is 0 Å². The first-order valence-corrected chi connectivity index (χ1v) is 10.4. The van der Waals surface area contributed by atoms with Crippen molar-refractivity contribution in [1.82, 2.24) is 9.97 Å². The number of nitrogens with zero attached hydrogens (tertiary/aromatic N) is 3. The molecule has 0 aliphatic carbocycles. The highest BCUT2D eigenvalue weighted by Gasteiger charge is 2.31. The first kappa shape index (κ1) is 21.8. The Morgan fingerprint density at radius 2 is 1.93 bits per heavy atom. The van der Waals surface area contributed by atoms with Gasteiger partial charge in [-0.05, 0) is 18.2 Å². The largest absolute Gasteiger partial charge is 0.497 e. The number of rotatable bonds is 7. The van der Waals surface area contributed by atoms with E-state index in [1.807, 2.05) is 0 Å². The second-order valence-corrected chi connectivity index (χ2v) is 8.37. The molecule has 1 heterocycles. The van der Waals surface area contributed by atoms with E-state index in [0.29, 0.717) is 17.1 Å². The zero-order valence-corrected chi connectivity index (χ0v) is 17.7. The fourth-order valence-electron chi connectivity index (χ4n) is 2.74. The lowest BCUT2D eigenvalue weighted by atomic mass is 10.2. The molecular weight excluding hydrogens is 435 g/mol. The number of sulfonamides is 1. The van der Waals surface area contributed by atoms with Crippen LogP contribution in [0, 0.1) is 5.82 Å². The molecule has 3 aromatic rings. The van der Waals surface area contributed by atoms with Crippen LogP contribution in [0.15, 0.2) is 53.8 Å². The number of benzene rings is 2. The molecule has 0 saturated heterocycles. The predicted molar refractivity (Wildman–Crippen MR) is 109 cm³/mol. The first-order chi connectivity index (χ1) is 14.3. The topological polar surface area (TPSA) is 109 Å². The van der Waals surface area contributed by atoms with Crippen molar-refractivity contribution in [1.29, 1.82) is 0 Å². The van der Waals surface area contributed by atoms with Gasteiger partial charge >= 0.3 is 0 Å². The van der Waals surface area contributed by atoms with Crippen molar-refractivity contribution in [2.45, 2.75) is 11.4 Å². The molecule has 11 heteroatoms. The second kappa shape index (κ2) is 8.82. The standard InChI is InChI=1S/C19H18ClFN4O4S/c1-28-13-4-3-12(17(7-13)29-2)10-25(19-5-6-23-11-24-19)30(26,27)18-8-14(20)16(22)9-15(18)21/h3-9,11H,10,22H2,1-2H3/p+1. The molecule has 3 N–H and O–H groups in total. The van der Waals surface area contributed by atoms with E-state index in [-0.39, 0.29) is 23.1 Å². The number of quaternary nitrogens is 1. The number of ether oxygens (including phenoxy) is 2. The van der Waals surface area contributed by atoms with Crippen LogP contribution in [0.25, 0.3) is 0 Å². The van der Waals surface area contributed by atoms with E-state index < -0.39 is 20.7 Å². The van der Waals surface area contributed by atoms with Gasteiger partial charge in [0.15, 0.2) is 0 Å². The summed E-state index contributed by atoms with van der Waals surface area (Å²) in [5, 5.41) is 0.0274. The van der Waals surface area contributed by atoms with Crippen molar-refractivity contribution >= 4 is 33.1 Å². The normalized spacial score (nSPS) is 11.2. The molecule has 0 radical (unpaired) electrons. The maximum absolute atomic E-state index is 14.6. The molecule has 3 rings (SSSR count). The molecule has 1 aromatic heterocycles. The average Bonchev–Trinajstić information content (AvgIpc) is 2.74. The van der Waals surface area contributed by atoms with Gasteiger partial charge in [0, 0.05) is 30.0 Å². The van der Waals surface area contributed by atoms with Crippen LogP contribution in [0.2, 0.25) is 5.02 Å². The Balaban J connectivity index is 2.14. The van der Waals surface area contributed by atoms with E-state index in [9.17, 15) is 12.8 Å². The summed E-state index contributed by atoms with van der Waals surface area (Å²) in [5.74, 6) is 0.0216. The lowest BCUT2D eigenvalue weighted by molar-refractivity contribution is -0.254. The maximum atomic E-state index is 14.6. The molecule has 0 saturated carbocycles. The summed E-state index contributed by atoms with van der Waals surface area (Å²) in [6.07, 6.45) is 2.59. The highest BCUT2D eigenvalue weighted by Crippen LogP contribution is 2.32. The molecule has 0 unspecified atom stereocenters. The molecule has 0 atom stereocenters. The van der Waals surface area contributed by atoms with E-state index >= 15 is 0 Å². The maximum Gasteiger partial charge on any atom is 0.268 e. The van der Waals surface area contributed by atoms with E-state index in [4.69, 9.17) is 21.1 Å². The number of hydrogen-bond donors (Lipinski definition) is 1. The number of methoxy groups -OCH3 is 2. The zero-order chi connectivity index (χ0) is 21.9. The Bertz CT molecular complexity index is 1160. The molecule has 0 spiro atoms. The van der Waals surface area contributed by atoms with Gasteiger partial charge in [-0.2, -0.15) is 0 Å². The van der Waals surface area contributed by atoms with Crippen LogP contribution in [-0.2, 0) is 16.6 Å². The second-order valence-electron chi connectivity index (χ2n) is 6.13.